The largest absolute Gasteiger partial charge is 0.480 e. The fourth-order valence-electron chi connectivity index (χ4n) is 4.08. The van der Waals surface area contributed by atoms with Crippen LogP contribution in [0.3, 0.4) is 0 Å². The Balaban J connectivity index is 1.60. The van der Waals surface area contributed by atoms with E-state index in [9.17, 15) is 18.3 Å². The summed E-state index contributed by atoms with van der Waals surface area (Å²) >= 11 is 6.19. The maximum absolute atomic E-state index is 13.2. The Morgan fingerprint density at radius 1 is 1.31 bits per heavy atom. The van der Waals surface area contributed by atoms with E-state index >= 15 is 0 Å². The molecule has 0 spiro atoms. The zero-order chi connectivity index (χ0) is 23.0. The van der Waals surface area contributed by atoms with Crippen LogP contribution in [0.2, 0.25) is 5.02 Å². The van der Waals surface area contributed by atoms with E-state index in [2.05, 4.69) is 4.98 Å². The third-order valence-electron chi connectivity index (χ3n) is 5.47. The van der Waals surface area contributed by atoms with Crippen molar-refractivity contribution < 1.29 is 23.1 Å². The molecule has 1 aliphatic rings. The zero-order valence-electron chi connectivity index (χ0n) is 17.7. The number of rotatable bonds is 7. The molecule has 0 radical (unpaired) electrons. The van der Waals surface area contributed by atoms with Gasteiger partial charge < -0.3 is 14.4 Å². The predicted octanol–water partition coefficient (Wildman–Crippen LogP) is 3.74. The molecule has 3 heterocycles. The van der Waals surface area contributed by atoms with E-state index in [1.54, 1.807) is 35.0 Å². The van der Waals surface area contributed by atoms with Crippen molar-refractivity contribution in [3.8, 4) is 5.88 Å². The van der Waals surface area contributed by atoms with Gasteiger partial charge in [-0.1, -0.05) is 11.6 Å². The normalized spacial score (nSPS) is 17.3. The molecule has 170 valence electrons. The number of carboxylic acids is 1. The van der Waals surface area contributed by atoms with Crippen molar-refractivity contribution in [1.82, 2.24) is 13.9 Å². The van der Waals surface area contributed by atoms with Crippen molar-refractivity contribution in [2.45, 2.75) is 43.7 Å². The van der Waals surface area contributed by atoms with Crippen molar-refractivity contribution in [2.24, 2.45) is 0 Å². The molecule has 1 aliphatic heterocycles. The minimum Gasteiger partial charge on any atom is -0.480 e. The summed E-state index contributed by atoms with van der Waals surface area (Å²) in [4.78, 5) is 15.5. The van der Waals surface area contributed by atoms with E-state index in [1.807, 2.05) is 13.8 Å². The topological polar surface area (TPSA) is 102 Å². The molecule has 1 N–H and O–H groups in total. The highest BCUT2D eigenvalue weighted by atomic mass is 35.5. The average molecular weight is 478 g/mol. The SMILES string of the molecule is CC(C)Oc1ccc(S(=O)(=O)N2CCC(c3cn(CC(=O)O)c4ccc(Cl)cc34)C2)cn1. The molecule has 0 amide bonds. The first-order chi connectivity index (χ1) is 15.1. The highest BCUT2D eigenvalue weighted by Crippen LogP contribution is 2.37. The van der Waals surface area contributed by atoms with E-state index in [1.165, 1.54) is 16.6 Å². The Kier molecular flexibility index (Phi) is 6.15. The lowest BCUT2D eigenvalue weighted by atomic mass is 9.98. The minimum atomic E-state index is -3.71. The quantitative estimate of drug-likeness (QED) is 0.556. The molecular weight excluding hydrogens is 454 g/mol. The van der Waals surface area contributed by atoms with Crippen LogP contribution in [0.1, 0.15) is 31.7 Å². The summed E-state index contributed by atoms with van der Waals surface area (Å²) < 4.78 is 34.9. The van der Waals surface area contributed by atoms with Crippen molar-refractivity contribution >= 4 is 38.5 Å². The van der Waals surface area contributed by atoms with E-state index < -0.39 is 16.0 Å². The Morgan fingerprint density at radius 3 is 2.75 bits per heavy atom. The average Bonchev–Trinajstić information content (AvgIpc) is 3.33. The lowest BCUT2D eigenvalue weighted by molar-refractivity contribution is -0.137. The lowest BCUT2D eigenvalue weighted by Crippen LogP contribution is -2.28. The van der Waals surface area contributed by atoms with Crippen LogP contribution in [-0.2, 0) is 21.4 Å². The van der Waals surface area contributed by atoms with Gasteiger partial charge in [0.25, 0.3) is 0 Å². The molecule has 32 heavy (non-hydrogen) atoms. The number of carbonyl (C=O) groups is 1. The molecule has 1 aromatic carbocycles. The second-order valence-electron chi connectivity index (χ2n) is 8.11. The molecule has 1 fully saturated rings. The molecule has 1 unspecified atom stereocenters. The number of ether oxygens (including phenoxy) is 1. The van der Waals surface area contributed by atoms with Gasteiger partial charge in [0.05, 0.1) is 12.3 Å². The van der Waals surface area contributed by atoms with Gasteiger partial charge in [-0.05, 0) is 50.1 Å². The number of sulfonamides is 1. The lowest BCUT2D eigenvalue weighted by Gasteiger charge is -2.17. The van der Waals surface area contributed by atoms with Crippen LogP contribution < -0.4 is 4.74 Å². The molecule has 4 rings (SSSR count). The predicted molar refractivity (Wildman–Crippen MR) is 121 cm³/mol. The summed E-state index contributed by atoms with van der Waals surface area (Å²) in [5.41, 5.74) is 1.67. The number of aliphatic carboxylic acids is 1. The van der Waals surface area contributed by atoms with Gasteiger partial charge in [-0.2, -0.15) is 4.31 Å². The van der Waals surface area contributed by atoms with E-state index in [0.717, 1.165) is 16.5 Å². The van der Waals surface area contributed by atoms with Gasteiger partial charge in [-0.15, -0.1) is 0 Å². The number of hydrogen-bond donors (Lipinski definition) is 1. The highest BCUT2D eigenvalue weighted by Gasteiger charge is 2.35. The van der Waals surface area contributed by atoms with Crippen molar-refractivity contribution in [2.75, 3.05) is 13.1 Å². The smallest absolute Gasteiger partial charge is 0.323 e. The summed E-state index contributed by atoms with van der Waals surface area (Å²) in [5, 5.41) is 10.6. The van der Waals surface area contributed by atoms with Gasteiger partial charge in [0.2, 0.25) is 15.9 Å². The summed E-state index contributed by atoms with van der Waals surface area (Å²) in [6.07, 6.45) is 3.69. The third-order valence-corrected chi connectivity index (χ3v) is 7.56. The first kappa shape index (κ1) is 22.6. The first-order valence-corrected chi connectivity index (χ1v) is 12.1. The van der Waals surface area contributed by atoms with Crippen LogP contribution in [-0.4, -0.2) is 52.5 Å². The second kappa shape index (κ2) is 8.73. The fourth-order valence-corrected chi connectivity index (χ4v) is 5.70. The molecule has 2 aromatic heterocycles. The maximum Gasteiger partial charge on any atom is 0.323 e. The molecule has 8 nitrogen and oxygen atoms in total. The van der Waals surface area contributed by atoms with Crippen molar-refractivity contribution in [3.63, 3.8) is 0 Å². The second-order valence-corrected chi connectivity index (χ2v) is 10.5. The van der Waals surface area contributed by atoms with Crippen LogP contribution in [0.15, 0.2) is 47.6 Å². The number of fused-ring (bicyclic) bond motifs is 1. The Morgan fingerprint density at radius 2 is 2.09 bits per heavy atom. The third kappa shape index (κ3) is 4.46. The van der Waals surface area contributed by atoms with E-state index in [-0.39, 0.29) is 23.5 Å². The Labute approximate surface area is 191 Å². The van der Waals surface area contributed by atoms with Crippen LogP contribution in [0, 0.1) is 0 Å². The first-order valence-electron chi connectivity index (χ1n) is 10.3. The molecular formula is C22H24ClN3O5S. The Hall–Kier alpha value is -2.62. The Bertz CT molecular complexity index is 1250. The van der Waals surface area contributed by atoms with Gasteiger partial charge in [0.1, 0.15) is 11.4 Å². The number of nitrogens with zero attached hydrogens (tertiary/aromatic N) is 3. The molecule has 0 bridgehead atoms. The number of hydrogen-bond acceptors (Lipinski definition) is 5. The monoisotopic (exact) mass is 477 g/mol. The van der Waals surface area contributed by atoms with Gasteiger partial charge in [-0.25, -0.2) is 13.4 Å². The van der Waals surface area contributed by atoms with E-state index in [0.29, 0.717) is 30.4 Å². The molecule has 0 aliphatic carbocycles. The van der Waals surface area contributed by atoms with Crippen LogP contribution >= 0.6 is 11.6 Å². The molecule has 10 heteroatoms. The maximum atomic E-state index is 13.2. The fraction of sp³-hybridized carbons (Fsp3) is 0.364. The zero-order valence-corrected chi connectivity index (χ0v) is 19.3. The summed E-state index contributed by atoms with van der Waals surface area (Å²) in [6.45, 7) is 4.23. The van der Waals surface area contributed by atoms with Gasteiger partial charge >= 0.3 is 5.97 Å². The molecule has 1 atom stereocenters. The number of carboxylic acid groups (broad SMARTS) is 1. The standard InChI is InChI=1S/C22H24ClN3O5S/c1-14(2)31-21-6-4-17(10-24-21)32(29,30)26-8-7-15(11-26)19-12-25(13-22(27)28)20-5-3-16(23)9-18(19)20/h3-6,9-10,12,14-15H,7-8,11,13H2,1-2H3,(H,27,28). The molecule has 0 saturated carbocycles. The summed E-state index contributed by atoms with van der Waals surface area (Å²) in [5.74, 6) is -0.643. The number of benzene rings is 1. The van der Waals surface area contributed by atoms with Gasteiger partial charge in [-0.3, -0.25) is 4.79 Å². The highest BCUT2D eigenvalue weighted by molar-refractivity contribution is 7.89. The number of pyridine rings is 1. The van der Waals surface area contributed by atoms with Gasteiger partial charge in [0.15, 0.2) is 0 Å². The van der Waals surface area contributed by atoms with Crippen LogP contribution in [0.5, 0.6) is 5.88 Å². The van der Waals surface area contributed by atoms with Crippen molar-refractivity contribution in [3.05, 3.63) is 53.3 Å². The van der Waals surface area contributed by atoms with Crippen LogP contribution in [0.25, 0.3) is 10.9 Å². The number of aromatic nitrogens is 2. The van der Waals surface area contributed by atoms with Crippen molar-refractivity contribution in [1.29, 1.82) is 0 Å². The minimum absolute atomic E-state index is 0.0546. The number of halogens is 1. The molecule has 3 aromatic rings. The van der Waals surface area contributed by atoms with Gasteiger partial charge in [0, 0.05) is 47.2 Å². The summed E-state index contributed by atoms with van der Waals surface area (Å²) in [6, 6.07) is 8.38. The molecule has 1 saturated heterocycles. The summed E-state index contributed by atoms with van der Waals surface area (Å²) in [7, 11) is -3.71. The van der Waals surface area contributed by atoms with Crippen LogP contribution in [0.4, 0.5) is 0 Å². The van der Waals surface area contributed by atoms with E-state index in [4.69, 9.17) is 16.3 Å².